The molecule has 0 amide bonds. The standard InChI is InChI=1S/C12H10O.C9H12O/c1-3-7-11(8-4-1)13-12-9-5-2-6-10-12;1-2-10-8-9-6-4-3-5-7-9/h1-10H;3-7H,2,8H2,1H3. The lowest BCUT2D eigenvalue weighted by atomic mass is 10.2. The molecule has 3 aromatic rings. The molecule has 0 aliphatic rings. The number of para-hydroxylation sites is 2. The molecule has 118 valence electrons. The Morgan fingerprint density at radius 2 is 1.04 bits per heavy atom. The summed E-state index contributed by atoms with van der Waals surface area (Å²) in [4.78, 5) is 0. The first-order valence-corrected chi connectivity index (χ1v) is 7.78. The van der Waals surface area contributed by atoms with Crippen molar-refractivity contribution in [1.29, 1.82) is 0 Å². The van der Waals surface area contributed by atoms with E-state index in [1.54, 1.807) is 0 Å². The first-order chi connectivity index (χ1) is 11.4. The Balaban J connectivity index is 0.000000174. The van der Waals surface area contributed by atoms with Gasteiger partial charge in [-0.15, -0.1) is 0 Å². The Bertz CT molecular complexity index is 599. The van der Waals surface area contributed by atoms with Crippen LogP contribution in [0.1, 0.15) is 12.5 Å². The normalized spacial score (nSPS) is 9.61. The van der Waals surface area contributed by atoms with Crippen molar-refractivity contribution in [3.63, 3.8) is 0 Å². The molecule has 0 aliphatic carbocycles. The first kappa shape index (κ1) is 16.8. The van der Waals surface area contributed by atoms with Crippen LogP contribution in [0.2, 0.25) is 0 Å². The maximum Gasteiger partial charge on any atom is 0.127 e. The molecule has 3 rings (SSSR count). The molecule has 0 unspecified atom stereocenters. The summed E-state index contributed by atoms with van der Waals surface area (Å²) in [6, 6.07) is 29.7. The highest BCUT2D eigenvalue weighted by Crippen LogP contribution is 2.19. The summed E-state index contributed by atoms with van der Waals surface area (Å²) in [6.07, 6.45) is 0. The third-order valence-electron chi connectivity index (χ3n) is 3.04. The van der Waals surface area contributed by atoms with Crippen molar-refractivity contribution in [2.24, 2.45) is 0 Å². The van der Waals surface area contributed by atoms with Crippen molar-refractivity contribution in [2.45, 2.75) is 13.5 Å². The molecule has 3 aromatic carbocycles. The van der Waals surface area contributed by atoms with Gasteiger partial charge in [-0.1, -0.05) is 66.7 Å². The van der Waals surface area contributed by atoms with Crippen LogP contribution in [0.3, 0.4) is 0 Å². The summed E-state index contributed by atoms with van der Waals surface area (Å²) < 4.78 is 10.8. The average molecular weight is 306 g/mol. The van der Waals surface area contributed by atoms with Crippen LogP contribution in [0.4, 0.5) is 0 Å². The number of rotatable bonds is 5. The smallest absolute Gasteiger partial charge is 0.127 e. The van der Waals surface area contributed by atoms with Gasteiger partial charge < -0.3 is 9.47 Å². The van der Waals surface area contributed by atoms with Gasteiger partial charge in [0, 0.05) is 6.61 Å². The fourth-order valence-electron chi connectivity index (χ4n) is 1.91. The van der Waals surface area contributed by atoms with E-state index in [0.717, 1.165) is 24.7 Å². The van der Waals surface area contributed by atoms with Crippen molar-refractivity contribution in [3.8, 4) is 11.5 Å². The Morgan fingerprint density at radius 1 is 0.609 bits per heavy atom. The summed E-state index contributed by atoms with van der Waals surface area (Å²) in [6.45, 7) is 3.52. The maximum absolute atomic E-state index is 5.58. The van der Waals surface area contributed by atoms with Gasteiger partial charge in [-0.25, -0.2) is 0 Å². The van der Waals surface area contributed by atoms with Crippen LogP contribution in [0.25, 0.3) is 0 Å². The van der Waals surface area contributed by atoms with Gasteiger partial charge in [-0.2, -0.15) is 0 Å². The molecule has 0 N–H and O–H groups in total. The number of hydrogen-bond acceptors (Lipinski definition) is 2. The summed E-state index contributed by atoms with van der Waals surface area (Å²) in [7, 11) is 0. The van der Waals surface area contributed by atoms with Crippen molar-refractivity contribution >= 4 is 0 Å². The average Bonchev–Trinajstić information content (AvgIpc) is 2.63. The van der Waals surface area contributed by atoms with Crippen LogP contribution in [0.5, 0.6) is 11.5 Å². The molecular formula is C21H22O2. The fourth-order valence-corrected chi connectivity index (χ4v) is 1.91. The number of benzene rings is 3. The minimum absolute atomic E-state index is 0.733. The van der Waals surface area contributed by atoms with Gasteiger partial charge in [0.25, 0.3) is 0 Å². The zero-order valence-electron chi connectivity index (χ0n) is 13.4. The van der Waals surface area contributed by atoms with Gasteiger partial charge in [-0.3, -0.25) is 0 Å². The van der Waals surface area contributed by atoms with E-state index in [4.69, 9.17) is 9.47 Å². The van der Waals surface area contributed by atoms with E-state index in [-0.39, 0.29) is 0 Å². The largest absolute Gasteiger partial charge is 0.457 e. The van der Waals surface area contributed by atoms with Crippen LogP contribution in [-0.4, -0.2) is 6.61 Å². The van der Waals surface area contributed by atoms with Gasteiger partial charge >= 0.3 is 0 Å². The second-order valence-corrected chi connectivity index (χ2v) is 4.85. The van der Waals surface area contributed by atoms with Crippen LogP contribution < -0.4 is 4.74 Å². The minimum Gasteiger partial charge on any atom is -0.457 e. The molecule has 2 heteroatoms. The third kappa shape index (κ3) is 6.81. The number of hydrogen-bond donors (Lipinski definition) is 0. The van der Waals surface area contributed by atoms with E-state index < -0.39 is 0 Å². The molecule has 0 saturated carbocycles. The Morgan fingerprint density at radius 3 is 1.48 bits per heavy atom. The zero-order valence-corrected chi connectivity index (χ0v) is 13.4. The quantitative estimate of drug-likeness (QED) is 0.602. The van der Waals surface area contributed by atoms with Crippen molar-refractivity contribution in [2.75, 3.05) is 6.61 Å². The lowest BCUT2D eigenvalue weighted by Gasteiger charge is -2.03. The highest BCUT2D eigenvalue weighted by molar-refractivity contribution is 5.30. The molecule has 0 saturated heterocycles. The molecule has 0 aromatic heterocycles. The van der Waals surface area contributed by atoms with Crippen molar-refractivity contribution in [1.82, 2.24) is 0 Å². The molecule has 0 atom stereocenters. The molecule has 0 spiro atoms. The fraction of sp³-hybridized carbons (Fsp3) is 0.143. The lowest BCUT2D eigenvalue weighted by molar-refractivity contribution is 0.134. The topological polar surface area (TPSA) is 18.5 Å². The highest BCUT2D eigenvalue weighted by Gasteiger charge is 1.92. The van der Waals surface area contributed by atoms with Crippen LogP contribution in [0.15, 0.2) is 91.0 Å². The summed E-state index contributed by atoms with van der Waals surface area (Å²) >= 11 is 0. The van der Waals surface area contributed by atoms with Gasteiger partial charge in [0.15, 0.2) is 0 Å². The van der Waals surface area contributed by atoms with Gasteiger partial charge in [-0.05, 0) is 36.8 Å². The van der Waals surface area contributed by atoms with E-state index in [1.807, 2.05) is 85.8 Å². The van der Waals surface area contributed by atoms with Gasteiger partial charge in [0.2, 0.25) is 0 Å². The van der Waals surface area contributed by atoms with Gasteiger partial charge in [0.05, 0.1) is 6.61 Å². The molecule has 0 bridgehead atoms. The van der Waals surface area contributed by atoms with E-state index in [2.05, 4.69) is 12.1 Å². The molecule has 23 heavy (non-hydrogen) atoms. The molecule has 0 aliphatic heterocycles. The first-order valence-electron chi connectivity index (χ1n) is 7.78. The molecular weight excluding hydrogens is 284 g/mol. The molecule has 0 heterocycles. The highest BCUT2D eigenvalue weighted by atomic mass is 16.5. The SMILES string of the molecule is CCOCc1ccccc1.c1ccc(Oc2ccccc2)cc1. The number of ether oxygens (including phenoxy) is 2. The lowest BCUT2D eigenvalue weighted by Crippen LogP contribution is -1.90. The molecule has 2 nitrogen and oxygen atoms in total. The second kappa shape index (κ2) is 10.2. The predicted molar refractivity (Wildman–Crippen MR) is 94.7 cm³/mol. The summed E-state index contributed by atoms with van der Waals surface area (Å²) in [5, 5.41) is 0. The van der Waals surface area contributed by atoms with E-state index >= 15 is 0 Å². The predicted octanol–water partition coefficient (Wildman–Crippen LogP) is 5.70. The maximum atomic E-state index is 5.58. The van der Waals surface area contributed by atoms with E-state index in [1.165, 1.54) is 5.56 Å². The molecule has 0 radical (unpaired) electrons. The Kier molecular flexibility index (Phi) is 7.44. The van der Waals surface area contributed by atoms with Crippen molar-refractivity contribution in [3.05, 3.63) is 96.6 Å². The van der Waals surface area contributed by atoms with Crippen LogP contribution in [0, 0.1) is 0 Å². The van der Waals surface area contributed by atoms with Crippen LogP contribution >= 0.6 is 0 Å². The monoisotopic (exact) mass is 306 g/mol. The van der Waals surface area contributed by atoms with E-state index in [9.17, 15) is 0 Å². The third-order valence-corrected chi connectivity index (χ3v) is 3.04. The van der Waals surface area contributed by atoms with Crippen molar-refractivity contribution < 1.29 is 9.47 Å². The molecule has 0 fully saturated rings. The van der Waals surface area contributed by atoms with Gasteiger partial charge in [0.1, 0.15) is 11.5 Å². The summed E-state index contributed by atoms with van der Waals surface area (Å²) in [5.41, 5.74) is 1.24. The minimum atomic E-state index is 0.733. The van der Waals surface area contributed by atoms with E-state index in [0.29, 0.717) is 0 Å². The second-order valence-electron chi connectivity index (χ2n) is 4.85. The Labute approximate surface area is 138 Å². The summed E-state index contributed by atoms with van der Waals surface area (Å²) in [5.74, 6) is 1.74. The zero-order chi connectivity index (χ0) is 16.2. The van der Waals surface area contributed by atoms with Crippen LogP contribution in [-0.2, 0) is 11.3 Å². The Hall–Kier alpha value is -2.58.